The van der Waals surface area contributed by atoms with E-state index >= 15 is 0 Å². The number of unbranched alkanes of at least 4 members (excludes halogenated alkanes) is 14. The van der Waals surface area contributed by atoms with Gasteiger partial charge in [-0.25, -0.2) is 0 Å². The minimum Gasteiger partial charge on any atom is -0.426 e. The number of benzene rings is 1. The molecule has 1 aromatic rings. The van der Waals surface area contributed by atoms with Crippen LogP contribution in [0, 0.1) is 5.92 Å². The third-order valence-electron chi connectivity index (χ3n) is 6.11. The summed E-state index contributed by atoms with van der Waals surface area (Å²) in [7, 11) is 0. The average molecular weight is 417 g/mol. The van der Waals surface area contributed by atoms with Gasteiger partial charge in [-0.05, 0) is 25.0 Å². The summed E-state index contributed by atoms with van der Waals surface area (Å²) >= 11 is 0. The molecule has 0 amide bonds. The second-order valence-electron chi connectivity index (χ2n) is 8.96. The molecule has 0 fully saturated rings. The first-order chi connectivity index (χ1) is 14.8. The third kappa shape index (κ3) is 14.6. The minimum absolute atomic E-state index is 0.0376. The van der Waals surface area contributed by atoms with Crippen LogP contribution in [0.3, 0.4) is 0 Å². The van der Waals surface area contributed by atoms with Crippen LogP contribution in [0.2, 0.25) is 0 Å². The molecule has 1 atom stereocenters. The fraction of sp³-hybridized carbons (Fsp3) is 0.750. The van der Waals surface area contributed by atoms with Crippen molar-refractivity contribution in [1.82, 2.24) is 0 Å². The largest absolute Gasteiger partial charge is 0.426 e. The van der Waals surface area contributed by atoms with Gasteiger partial charge < -0.3 is 4.74 Å². The predicted octanol–water partition coefficient (Wildman–Crippen LogP) is 9.27. The highest BCUT2D eigenvalue weighted by Crippen LogP contribution is 2.21. The minimum atomic E-state index is -0.0376. The number of hydrogen-bond acceptors (Lipinski definition) is 2. The summed E-state index contributed by atoms with van der Waals surface area (Å²) < 4.78 is 5.60. The zero-order chi connectivity index (χ0) is 21.7. The van der Waals surface area contributed by atoms with Gasteiger partial charge in [0.2, 0.25) is 0 Å². The Kier molecular flexibility index (Phi) is 17.5. The molecule has 0 bridgehead atoms. The number of ether oxygens (including phenoxy) is 1. The summed E-state index contributed by atoms with van der Waals surface area (Å²) in [5, 5.41) is 0. The van der Waals surface area contributed by atoms with Gasteiger partial charge in [0.25, 0.3) is 0 Å². The van der Waals surface area contributed by atoms with Crippen LogP contribution in [-0.4, -0.2) is 5.97 Å². The van der Waals surface area contributed by atoms with E-state index < -0.39 is 0 Å². The van der Waals surface area contributed by atoms with Crippen molar-refractivity contribution < 1.29 is 9.53 Å². The molecule has 0 N–H and O–H groups in total. The van der Waals surface area contributed by atoms with Crippen molar-refractivity contribution in [2.75, 3.05) is 0 Å². The van der Waals surface area contributed by atoms with Crippen LogP contribution >= 0.6 is 0 Å². The average Bonchev–Trinajstić information content (AvgIpc) is 2.76. The Morgan fingerprint density at radius 1 is 0.633 bits per heavy atom. The van der Waals surface area contributed by atoms with Crippen LogP contribution in [0.1, 0.15) is 129 Å². The molecule has 30 heavy (non-hydrogen) atoms. The van der Waals surface area contributed by atoms with Crippen molar-refractivity contribution >= 4 is 5.97 Å². The second-order valence-corrected chi connectivity index (χ2v) is 8.96. The Labute approximate surface area is 187 Å². The van der Waals surface area contributed by atoms with Gasteiger partial charge in [-0.15, -0.1) is 0 Å². The molecular weight excluding hydrogens is 368 g/mol. The van der Waals surface area contributed by atoms with Crippen molar-refractivity contribution in [3.05, 3.63) is 30.3 Å². The summed E-state index contributed by atoms with van der Waals surface area (Å²) in [4.78, 5) is 12.6. The Morgan fingerprint density at radius 3 is 1.57 bits per heavy atom. The Bertz CT molecular complexity index is 497. The summed E-state index contributed by atoms with van der Waals surface area (Å²) in [6.45, 7) is 4.47. The highest BCUT2D eigenvalue weighted by molar-refractivity contribution is 5.75. The van der Waals surface area contributed by atoms with E-state index in [0.29, 0.717) is 5.75 Å². The lowest BCUT2D eigenvalue weighted by Crippen LogP contribution is -2.20. The molecule has 0 aromatic heterocycles. The van der Waals surface area contributed by atoms with E-state index in [9.17, 15) is 4.79 Å². The number of esters is 1. The van der Waals surface area contributed by atoms with Crippen molar-refractivity contribution in [1.29, 1.82) is 0 Å². The summed E-state index contributed by atoms with van der Waals surface area (Å²) in [6.07, 6.45) is 23.3. The SMILES string of the molecule is CCCCCCCCCCCCCCCCC(CCCC)C(=O)Oc1ccccc1. The molecule has 2 nitrogen and oxygen atoms in total. The van der Waals surface area contributed by atoms with E-state index in [-0.39, 0.29) is 11.9 Å². The van der Waals surface area contributed by atoms with Crippen LogP contribution in [0.4, 0.5) is 0 Å². The molecule has 1 aromatic carbocycles. The second kappa shape index (κ2) is 19.6. The first-order valence-electron chi connectivity index (χ1n) is 13.0. The molecule has 1 unspecified atom stereocenters. The predicted molar refractivity (Wildman–Crippen MR) is 130 cm³/mol. The lowest BCUT2D eigenvalue weighted by molar-refractivity contribution is -0.139. The Balaban J connectivity index is 2.04. The molecule has 0 radical (unpaired) electrons. The molecule has 0 aliphatic heterocycles. The van der Waals surface area contributed by atoms with Crippen LogP contribution in [0.5, 0.6) is 5.75 Å². The molecule has 0 spiro atoms. The van der Waals surface area contributed by atoms with Gasteiger partial charge in [0.1, 0.15) is 5.75 Å². The molecular formula is C28H48O2. The van der Waals surface area contributed by atoms with Gasteiger partial charge in [0.15, 0.2) is 0 Å². The molecule has 0 saturated carbocycles. The van der Waals surface area contributed by atoms with E-state index in [1.54, 1.807) is 0 Å². The van der Waals surface area contributed by atoms with Gasteiger partial charge in [-0.3, -0.25) is 4.79 Å². The number of rotatable bonds is 20. The normalized spacial score (nSPS) is 12.1. The van der Waals surface area contributed by atoms with Crippen molar-refractivity contribution in [3.63, 3.8) is 0 Å². The topological polar surface area (TPSA) is 26.3 Å². The van der Waals surface area contributed by atoms with Crippen LogP contribution in [-0.2, 0) is 4.79 Å². The first-order valence-corrected chi connectivity index (χ1v) is 13.0. The van der Waals surface area contributed by atoms with Crippen LogP contribution < -0.4 is 4.74 Å². The van der Waals surface area contributed by atoms with Gasteiger partial charge >= 0.3 is 5.97 Å². The van der Waals surface area contributed by atoms with Crippen LogP contribution in [0.25, 0.3) is 0 Å². The molecule has 1 rings (SSSR count). The van der Waals surface area contributed by atoms with E-state index in [4.69, 9.17) is 4.74 Å². The Morgan fingerprint density at radius 2 is 1.07 bits per heavy atom. The highest BCUT2D eigenvalue weighted by Gasteiger charge is 2.19. The van der Waals surface area contributed by atoms with Crippen molar-refractivity contribution in [3.8, 4) is 5.75 Å². The van der Waals surface area contributed by atoms with E-state index in [1.165, 1.54) is 83.5 Å². The van der Waals surface area contributed by atoms with Gasteiger partial charge in [-0.2, -0.15) is 0 Å². The number of hydrogen-bond donors (Lipinski definition) is 0. The van der Waals surface area contributed by atoms with Gasteiger partial charge in [-0.1, -0.05) is 135 Å². The van der Waals surface area contributed by atoms with E-state index in [0.717, 1.165) is 32.1 Å². The Hall–Kier alpha value is -1.31. The number of carbonyl (C=O) groups excluding carboxylic acids is 1. The summed E-state index contributed by atoms with van der Waals surface area (Å²) in [6, 6.07) is 9.50. The lowest BCUT2D eigenvalue weighted by Gasteiger charge is -2.15. The summed E-state index contributed by atoms with van der Waals surface area (Å²) in [5.74, 6) is 0.691. The maximum Gasteiger partial charge on any atom is 0.314 e. The van der Waals surface area contributed by atoms with Crippen molar-refractivity contribution in [2.24, 2.45) is 5.92 Å². The van der Waals surface area contributed by atoms with E-state index in [2.05, 4.69) is 13.8 Å². The highest BCUT2D eigenvalue weighted by atomic mass is 16.5. The fourth-order valence-corrected chi connectivity index (χ4v) is 4.10. The molecule has 0 aliphatic rings. The monoisotopic (exact) mass is 416 g/mol. The molecule has 2 heteroatoms. The fourth-order valence-electron chi connectivity index (χ4n) is 4.10. The third-order valence-corrected chi connectivity index (χ3v) is 6.11. The molecule has 0 saturated heterocycles. The first kappa shape index (κ1) is 26.7. The smallest absolute Gasteiger partial charge is 0.314 e. The lowest BCUT2D eigenvalue weighted by atomic mass is 9.95. The zero-order valence-electron chi connectivity index (χ0n) is 20.0. The number of para-hydroxylation sites is 1. The van der Waals surface area contributed by atoms with Gasteiger partial charge in [0, 0.05) is 0 Å². The molecule has 0 heterocycles. The van der Waals surface area contributed by atoms with E-state index in [1.807, 2.05) is 30.3 Å². The molecule has 172 valence electrons. The number of carbonyl (C=O) groups is 1. The zero-order valence-corrected chi connectivity index (χ0v) is 20.0. The molecule has 0 aliphatic carbocycles. The van der Waals surface area contributed by atoms with Crippen molar-refractivity contribution in [2.45, 2.75) is 129 Å². The summed E-state index contributed by atoms with van der Waals surface area (Å²) in [5.41, 5.74) is 0. The standard InChI is InChI=1S/C28H48O2/c1-3-5-7-8-9-10-11-12-13-14-15-16-17-19-23-26(22-6-4-2)28(29)30-27-24-20-18-21-25-27/h18,20-21,24-26H,3-17,19,22-23H2,1-2H3. The van der Waals surface area contributed by atoms with Gasteiger partial charge in [0.05, 0.1) is 5.92 Å². The maximum atomic E-state index is 12.6. The quantitative estimate of drug-likeness (QED) is 0.120. The maximum absolute atomic E-state index is 12.6. The van der Waals surface area contributed by atoms with Crippen LogP contribution in [0.15, 0.2) is 30.3 Å².